The summed E-state index contributed by atoms with van der Waals surface area (Å²) >= 11 is 3.42. The van der Waals surface area contributed by atoms with Crippen molar-refractivity contribution < 1.29 is 9.53 Å². The second-order valence-corrected chi connectivity index (χ2v) is 6.06. The van der Waals surface area contributed by atoms with Gasteiger partial charge in [-0.25, -0.2) is 0 Å². The van der Waals surface area contributed by atoms with E-state index in [1.54, 1.807) is 6.92 Å². The summed E-state index contributed by atoms with van der Waals surface area (Å²) in [7, 11) is 0. The molecular weight excluding hydrogens is 292 g/mol. The first kappa shape index (κ1) is 13.6. The summed E-state index contributed by atoms with van der Waals surface area (Å²) < 4.78 is 6.82. The molecule has 0 bridgehead atoms. The highest BCUT2D eigenvalue weighted by Crippen LogP contribution is 2.29. The highest BCUT2D eigenvalue weighted by molar-refractivity contribution is 9.10. The number of carbonyl (C=O) groups is 1. The molecule has 2 unspecified atom stereocenters. The molecule has 0 aromatic heterocycles. The quantitative estimate of drug-likeness (QED) is 0.762. The maximum Gasteiger partial charge on any atom is 0.160 e. The molecule has 0 amide bonds. The topological polar surface area (TPSA) is 26.3 Å². The van der Waals surface area contributed by atoms with Crippen molar-refractivity contribution in [3.8, 4) is 5.75 Å². The summed E-state index contributed by atoms with van der Waals surface area (Å²) in [5, 5.41) is 0. The average molecular weight is 311 g/mol. The Bertz CT molecular complexity index is 442. The summed E-state index contributed by atoms with van der Waals surface area (Å²) in [6.07, 6.45) is 5.15. The first-order valence-corrected chi connectivity index (χ1v) is 7.32. The third-order valence-electron chi connectivity index (χ3n) is 3.51. The van der Waals surface area contributed by atoms with Gasteiger partial charge in [0.15, 0.2) is 5.78 Å². The van der Waals surface area contributed by atoms with Crippen LogP contribution in [0.25, 0.3) is 0 Å². The molecule has 1 aromatic carbocycles. The molecule has 0 saturated heterocycles. The maximum absolute atomic E-state index is 11.3. The minimum atomic E-state index is 0.0692. The highest BCUT2D eigenvalue weighted by atomic mass is 79.9. The van der Waals surface area contributed by atoms with E-state index >= 15 is 0 Å². The molecule has 3 heteroatoms. The van der Waals surface area contributed by atoms with Gasteiger partial charge in [0.05, 0.1) is 6.10 Å². The summed E-state index contributed by atoms with van der Waals surface area (Å²) in [5.41, 5.74) is 0.708. The van der Waals surface area contributed by atoms with Gasteiger partial charge in [-0.05, 0) is 66.2 Å². The third kappa shape index (κ3) is 3.35. The standard InChI is InChI=1S/C15H19BrO2/c1-10-4-3-5-12(8-10)18-13-6-7-14(11(2)17)15(16)9-13/h6-7,9-10,12H,3-5,8H2,1-2H3. The summed E-state index contributed by atoms with van der Waals surface area (Å²) in [5.74, 6) is 1.68. The van der Waals surface area contributed by atoms with Gasteiger partial charge in [-0.3, -0.25) is 4.79 Å². The SMILES string of the molecule is CC(=O)c1ccc(OC2CCCC(C)C2)cc1Br. The van der Waals surface area contributed by atoms with Gasteiger partial charge in [-0.15, -0.1) is 0 Å². The average Bonchev–Trinajstić information content (AvgIpc) is 2.28. The van der Waals surface area contributed by atoms with Crippen molar-refractivity contribution in [2.75, 3.05) is 0 Å². The van der Waals surface area contributed by atoms with E-state index in [0.717, 1.165) is 29.0 Å². The molecule has 0 N–H and O–H groups in total. The Hall–Kier alpha value is -0.830. The van der Waals surface area contributed by atoms with Crippen LogP contribution >= 0.6 is 15.9 Å². The Balaban J connectivity index is 2.05. The van der Waals surface area contributed by atoms with Crippen LogP contribution < -0.4 is 4.74 Å². The Morgan fingerprint density at radius 2 is 2.17 bits per heavy atom. The molecule has 18 heavy (non-hydrogen) atoms. The molecule has 98 valence electrons. The number of ether oxygens (including phenoxy) is 1. The number of carbonyl (C=O) groups excluding carboxylic acids is 1. The van der Waals surface area contributed by atoms with Crippen LogP contribution in [0.4, 0.5) is 0 Å². The van der Waals surface area contributed by atoms with Crippen molar-refractivity contribution in [2.45, 2.75) is 45.6 Å². The van der Waals surface area contributed by atoms with Gasteiger partial charge in [0, 0.05) is 10.0 Å². The van der Waals surface area contributed by atoms with Gasteiger partial charge in [-0.1, -0.05) is 13.3 Å². The van der Waals surface area contributed by atoms with E-state index in [4.69, 9.17) is 4.74 Å². The smallest absolute Gasteiger partial charge is 0.160 e. The van der Waals surface area contributed by atoms with Crippen molar-refractivity contribution in [1.82, 2.24) is 0 Å². The van der Waals surface area contributed by atoms with Crippen molar-refractivity contribution in [1.29, 1.82) is 0 Å². The lowest BCUT2D eigenvalue weighted by Gasteiger charge is -2.27. The fourth-order valence-corrected chi connectivity index (χ4v) is 3.17. The summed E-state index contributed by atoms with van der Waals surface area (Å²) in [4.78, 5) is 11.3. The molecule has 1 fully saturated rings. The van der Waals surface area contributed by atoms with E-state index in [2.05, 4.69) is 22.9 Å². The predicted octanol–water partition coefficient (Wildman–Crippen LogP) is 4.61. The van der Waals surface area contributed by atoms with Gasteiger partial charge in [0.2, 0.25) is 0 Å². The van der Waals surface area contributed by atoms with Gasteiger partial charge >= 0.3 is 0 Å². The molecule has 1 aliphatic carbocycles. The van der Waals surface area contributed by atoms with Gasteiger partial charge in [-0.2, -0.15) is 0 Å². The number of benzene rings is 1. The van der Waals surface area contributed by atoms with Crippen LogP contribution in [0.5, 0.6) is 5.75 Å². The van der Waals surface area contributed by atoms with Gasteiger partial charge in [0.1, 0.15) is 5.75 Å². The molecule has 2 atom stereocenters. The van der Waals surface area contributed by atoms with Crippen LogP contribution in [-0.2, 0) is 0 Å². The van der Waals surface area contributed by atoms with Crippen molar-refractivity contribution in [2.24, 2.45) is 5.92 Å². The van der Waals surface area contributed by atoms with Crippen LogP contribution in [0.15, 0.2) is 22.7 Å². The normalized spacial score (nSPS) is 23.7. The van der Waals surface area contributed by atoms with E-state index in [1.807, 2.05) is 18.2 Å². The Labute approximate surface area is 117 Å². The molecule has 2 rings (SSSR count). The second-order valence-electron chi connectivity index (χ2n) is 5.21. The van der Waals surface area contributed by atoms with Crippen molar-refractivity contribution in [3.63, 3.8) is 0 Å². The number of hydrogen-bond donors (Lipinski definition) is 0. The molecule has 0 aliphatic heterocycles. The predicted molar refractivity (Wildman–Crippen MR) is 76.2 cm³/mol. The molecule has 0 spiro atoms. The second kappa shape index (κ2) is 5.87. The van der Waals surface area contributed by atoms with E-state index in [0.29, 0.717) is 11.7 Å². The lowest BCUT2D eigenvalue weighted by Crippen LogP contribution is -2.24. The van der Waals surface area contributed by atoms with Crippen LogP contribution in [-0.4, -0.2) is 11.9 Å². The minimum absolute atomic E-state index is 0.0692. The number of halogens is 1. The molecule has 1 saturated carbocycles. The van der Waals surface area contributed by atoms with E-state index in [1.165, 1.54) is 12.8 Å². The fraction of sp³-hybridized carbons (Fsp3) is 0.533. The number of ketones is 1. The first-order chi connectivity index (χ1) is 8.56. The third-order valence-corrected chi connectivity index (χ3v) is 4.17. The molecule has 0 heterocycles. The van der Waals surface area contributed by atoms with E-state index < -0.39 is 0 Å². The van der Waals surface area contributed by atoms with Crippen LogP contribution in [0.3, 0.4) is 0 Å². The molecule has 1 aliphatic rings. The van der Waals surface area contributed by atoms with Gasteiger partial charge < -0.3 is 4.74 Å². The Kier molecular flexibility index (Phi) is 4.44. The Morgan fingerprint density at radius 3 is 2.78 bits per heavy atom. The zero-order chi connectivity index (χ0) is 13.1. The minimum Gasteiger partial charge on any atom is -0.490 e. The molecular formula is C15H19BrO2. The van der Waals surface area contributed by atoms with Crippen LogP contribution in [0.1, 0.15) is 49.9 Å². The van der Waals surface area contributed by atoms with Crippen LogP contribution in [0.2, 0.25) is 0 Å². The fourth-order valence-electron chi connectivity index (χ4n) is 2.53. The monoisotopic (exact) mass is 310 g/mol. The first-order valence-electron chi connectivity index (χ1n) is 6.53. The van der Waals surface area contributed by atoms with E-state index in [9.17, 15) is 4.79 Å². The molecule has 0 radical (unpaired) electrons. The Morgan fingerprint density at radius 1 is 1.39 bits per heavy atom. The van der Waals surface area contributed by atoms with E-state index in [-0.39, 0.29) is 5.78 Å². The highest BCUT2D eigenvalue weighted by Gasteiger charge is 2.20. The summed E-state index contributed by atoms with van der Waals surface area (Å²) in [6.45, 7) is 3.85. The lowest BCUT2D eigenvalue weighted by atomic mass is 9.89. The molecule has 1 aromatic rings. The van der Waals surface area contributed by atoms with Crippen molar-refractivity contribution in [3.05, 3.63) is 28.2 Å². The lowest BCUT2D eigenvalue weighted by molar-refractivity contribution is 0.101. The zero-order valence-corrected chi connectivity index (χ0v) is 12.5. The number of rotatable bonds is 3. The summed E-state index contributed by atoms with van der Waals surface area (Å²) in [6, 6.07) is 5.62. The zero-order valence-electron chi connectivity index (χ0n) is 10.9. The van der Waals surface area contributed by atoms with Crippen LogP contribution in [0, 0.1) is 5.92 Å². The van der Waals surface area contributed by atoms with Gasteiger partial charge in [0.25, 0.3) is 0 Å². The largest absolute Gasteiger partial charge is 0.490 e. The maximum atomic E-state index is 11.3. The van der Waals surface area contributed by atoms with Crippen molar-refractivity contribution >= 4 is 21.7 Å². The number of Topliss-reactive ketones (excluding diaryl/α,β-unsaturated/α-hetero) is 1. The number of hydrogen-bond acceptors (Lipinski definition) is 2. The molecule has 2 nitrogen and oxygen atoms in total.